The van der Waals surface area contributed by atoms with Gasteiger partial charge in [0.1, 0.15) is 23.4 Å². The minimum atomic E-state index is -0.598. The number of ether oxygens (including phenoxy) is 2. The van der Waals surface area contributed by atoms with Gasteiger partial charge in [0, 0.05) is 18.1 Å². The molecule has 2 aromatic rings. The van der Waals surface area contributed by atoms with Gasteiger partial charge >= 0.3 is 0 Å². The summed E-state index contributed by atoms with van der Waals surface area (Å²) in [7, 11) is 1.64. The Balaban J connectivity index is 1.93. The Morgan fingerprint density at radius 2 is 1.96 bits per heavy atom. The number of hydrogen-bond acceptors (Lipinski definition) is 4. The van der Waals surface area contributed by atoms with E-state index in [0.717, 1.165) is 28.9 Å². The summed E-state index contributed by atoms with van der Waals surface area (Å²) in [6.45, 7) is 4.12. The Morgan fingerprint density at radius 3 is 2.60 bits per heavy atom. The van der Waals surface area contributed by atoms with E-state index in [-0.39, 0.29) is 11.9 Å². The zero-order chi connectivity index (χ0) is 18.0. The fourth-order valence-electron chi connectivity index (χ4n) is 3.08. The first-order valence-corrected chi connectivity index (χ1v) is 8.45. The minimum absolute atomic E-state index is 0.214. The molecule has 1 aliphatic heterocycles. The van der Waals surface area contributed by atoms with Gasteiger partial charge in [0.15, 0.2) is 0 Å². The van der Waals surface area contributed by atoms with E-state index in [1.165, 1.54) is 5.57 Å². The third-order valence-corrected chi connectivity index (χ3v) is 4.47. The summed E-state index contributed by atoms with van der Waals surface area (Å²) >= 11 is 0. The maximum atomic E-state index is 10.6. The van der Waals surface area contributed by atoms with Crippen LogP contribution in [0.15, 0.2) is 48.0 Å². The van der Waals surface area contributed by atoms with Crippen molar-refractivity contribution in [2.75, 3.05) is 7.11 Å². The van der Waals surface area contributed by atoms with E-state index in [2.05, 4.69) is 19.9 Å². The van der Waals surface area contributed by atoms with Crippen molar-refractivity contribution in [2.45, 2.75) is 38.9 Å². The molecular weight excluding hydrogens is 316 g/mol. The van der Waals surface area contributed by atoms with Gasteiger partial charge in [0.2, 0.25) is 0 Å². The van der Waals surface area contributed by atoms with Crippen LogP contribution in [0.4, 0.5) is 0 Å². The molecule has 0 bridgehead atoms. The van der Waals surface area contributed by atoms with Crippen molar-refractivity contribution < 1.29 is 19.7 Å². The minimum Gasteiger partial charge on any atom is -0.508 e. The molecule has 132 valence electrons. The predicted octanol–water partition coefficient (Wildman–Crippen LogP) is 4.47. The largest absolute Gasteiger partial charge is 0.508 e. The third kappa shape index (κ3) is 3.80. The van der Waals surface area contributed by atoms with E-state index in [0.29, 0.717) is 12.2 Å². The fourth-order valence-corrected chi connectivity index (χ4v) is 3.08. The molecule has 0 amide bonds. The monoisotopic (exact) mass is 340 g/mol. The van der Waals surface area contributed by atoms with E-state index in [4.69, 9.17) is 9.47 Å². The van der Waals surface area contributed by atoms with Gasteiger partial charge in [-0.2, -0.15) is 0 Å². The molecule has 2 N–H and O–H groups in total. The fraction of sp³-hybridized carbons (Fsp3) is 0.333. The molecule has 4 heteroatoms. The molecule has 2 atom stereocenters. The van der Waals surface area contributed by atoms with Gasteiger partial charge in [0.05, 0.1) is 13.2 Å². The number of benzene rings is 2. The standard InChI is InChI=1S/C21H24O4/c1-13(2)4-5-15-10-17-18(23)11-20(14-6-8-16(22)9-7-14)25-21(17)12-19(15)24-3/h4,6-10,12,18,20,22-23H,5,11H2,1-3H3/t18-,20+/m0/s1. The summed E-state index contributed by atoms with van der Waals surface area (Å²) < 4.78 is 11.6. The van der Waals surface area contributed by atoms with Gasteiger partial charge in [-0.15, -0.1) is 0 Å². The maximum absolute atomic E-state index is 10.6. The summed E-state index contributed by atoms with van der Waals surface area (Å²) in [4.78, 5) is 0. The number of methoxy groups -OCH3 is 1. The maximum Gasteiger partial charge on any atom is 0.129 e. The molecule has 0 saturated heterocycles. The lowest BCUT2D eigenvalue weighted by molar-refractivity contribution is 0.0653. The second kappa shape index (κ2) is 7.19. The van der Waals surface area contributed by atoms with Crippen LogP contribution in [-0.2, 0) is 6.42 Å². The third-order valence-electron chi connectivity index (χ3n) is 4.47. The first kappa shape index (κ1) is 17.4. The summed E-state index contributed by atoms with van der Waals surface area (Å²) in [5.74, 6) is 1.62. The van der Waals surface area contributed by atoms with Crippen molar-refractivity contribution in [1.82, 2.24) is 0 Å². The second-order valence-corrected chi connectivity index (χ2v) is 6.64. The van der Waals surface area contributed by atoms with Crippen molar-refractivity contribution in [2.24, 2.45) is 0 Å². The number of fused-ring (bicyclic) bond motifs is 1. The lowest BCUT2D eigenvalue weighted by atomic mass is 9.92. The zero-order valence-electron chi connectivity index (χ0n) is 14.8. The summed E-state index contributed by atoms with van der Waals surface area (Å²) in [5, 5.41) is 20.1. The Bertz CT molecular complexity index is 773. The van der Waals surface area contributed by atoms with Gasteiger partial charge in [-0.1, -0.05) is 23.8 Å². The van der Waals surface area contributed by atoms with Crippen molar-refractivity contribution in [3.05, 3.63) is 64.7 Å². The van der Waals surface area contributed by atoms with Crippen molar-refractivity contribution in [3.63, 3.8) is 0 Å². The van der Waals surface area contributed by atoms with E-state index < -0.39 is 6.10 Å². The van der Waals surface area contributed by atoms with Crippen LogP contribution in [0, 0.1) is 0 Å². The SMILES string of the molecule is COc1cc2c(cc1CC=C(C)C)[C@@H](O)C[C@H](c1ccc(O)cc1)O2. The molecule has 0 aromatic heterocycles. The van der Waals surface area contributed by atoms with Gasteiger partial charge in [-0.25, -0.2) is 0 Å². The van der Waals surface area contributed by atoms with Gasteiger partial charge in [-0.05, 0) is 49.6 Å². The lowest BCUT2D eigenvalue weighted by Gasteiger charge is -2.31. The quantitative estimate of drug-likeness (QED) is 0.807. The second-order valence-electron chi connectivity index (χ2n) is 6.64. The molecule has 1 aliphatic rings. The normalized spacial score (nSPS) is 18.9. The molecule has 0 radical (unpaired) electrons. The van der Waals surface area contributed by atoms with Crippen molar-refractivity contribution in [3.8, 4) is 17.2 Å². The Hall–Kier alpha value is -2.46. The zero-order valence-corrected chi connectivity index (χ0v) is 14.8. The highest BCUT2D eigenvalue weighted by atomic mass is 16.5. The van der Waals surface area contributed by atoms with Gasteiger partial charge < -0.3 is 19.7 Å². The van der Waals surface area contributed by atoms with Crippen LogP contribution in [0.25, 0.3) is 0 Å². The topological polar surface area (TPSA) is 58.9 Å². The number of aromatic hydroxyl groups is 1. The van der Waals surface area contributed by atoms with Crippen LogP contribution in [0.2, 0.25) is 0 Å². The Labute approximate surface area is 148 Å². The van der Waals surface area contributed by atoms with Gasteiger partial charge in [0.25, 0.3) is 0 Å². The van der Waals surface area contributed by atoms with Crippen LogP contribution in [-0.4, -0.2) is 17.3 Å². The van der Waals surface area contributed by atoms with Crippen LogP contribution in [0.5, 0.6) is 17.2 Å². The highest BCUT2D eigenvalue weighted by molar-refractivity contribution is 5.50. The average molecular weight is 340 g/mol. The summed E-state index contributed by atoms with van der Waals surface area (Å²) in [6, 6.07) is 10.7. The number of hydrogen-bond donors (Lipinski definition) is 2. The molecule has 4 nitrogen and oxygen atoms in total. The molecule has 1 heterocycles. The number of aliphatic hydroxyl groups is 1. The molecule has 0 aliphatic carbocycles. The Kier molecular flexibility index (Phi) is 5.00. The van der Waals surface area contributed by atoms with Crippen LogP contribution >= 0.6 is 0 Å². The predicted molar refractivity (Wildman–Crippen MR) is 97.2 cm³/mol. The van der Waals surface area contributed by atoms with Gasteiger partial charge in [-0.3, -0.25) is 0 Å². The summed E-state index contributed by atoms with van der Waals surface area (Å²) in [6.07, 6.45) is 2.52. The average Bonchev–Trinajstić information content (AvgIpc) is 2.59. The number of allylic oxidation sites excluding steroid dienone is 2. The molecule has 25 heavy (non-hydrogen) atoms. The molecule has 0 saturated carbocycles. The van der Waals surface area contributed by atoms with Crippen LogP contribution in [0.1, 0.15) is 49.2 Å². The summed E-state index contributed by atoms with van der Waals surface area (Å²) in [5.41, 5.74) is 4.00. The Morgan fingerprint density at radius 1 is 1.24 bits per heavy atom. The van der Waals surface area contributed by atoms with Crippen molar-refractivity contribution in [1.29, 1.82) is 0 Å². The van der Waals surface area contributed by atoms with E-state index in [9.17, 15) is 10.2 Å². The number of phenols is 1. The highest BCUT2D eigenvalue weighted by Gasteiger charge is 2.29. The first-order valence-electron chi connectivity index (χ1n) is 8.45. The molecule has 0 unspecified atom stereocenters. The lowest BCUT2D eigenvalue weighted by Crippen LogP contribution is -2.19. The van der Waals surface area contributed by atoms with E-state index in [1.807, 2.05) is 24.3 Å². The highest BCUT2D eigenvalue weighted by Crippen LogP contribution is 2.43. The number of phenolic OH excluding ortho intramolecular Hbond substituents is 1. The first-order chi connectivity index (χ1) is 12.0. The molecule has 3 rings (SSSR count). The smallest absolute Gasteiger partial charge is 0.129 e. The van der Waals surface area contributed by atoms with Crippen LogP contribution in [0.3, 0.4) is 0 Å². The molecule has 0 spiro atoms. The van der Waals surface area contributed by atoms with E-state index in [1.54, 1.807) is 19.2 Å². The van der Waals surface area contributed by atoms with E-state index >= 15 is 0 Å². The number of aliphatic hydroxyl groups excluding tert-OH is 1. The number of rotatable bonds is 4. The molecule has 0 fully saturated rings. The molecule has 2 aromatic carbocycles. The molecular formula is C21H24O4. The van der Waals surface area contributed by atoms with Crippen molar-refractivity contribution >= 4 is 0 Å². The van der Waals surface area contributed by atoms with Crippen LogP contribution < -0.4 is 9.47 Å².